The van der Waals surface area contributed by atoms with E-state index >= 15 is 0 Å². The fourth-order valence-corrected chi connectivity index (χ4v) is 1.29. The Hall–Kier alpha value is -1.83. The van der Waals surface area contributed by atoms with Gasteiger partial charge in [-0.2, -0.15) is 0 Å². The Morgan fingerprint density at radius 3 is 2.17 bits per heavy atom. The normalized spacial score (nSPS) is 15.7. The highest BCUT2D eigenvalue weighted by Gasteiger charge is 2.23. The van der Waals surface area contributed by atoms with Crippen LogP contribution in [0.3, 0.4) is 0 Å². The number of guanidine groups is 1. The SMILES string of the molecule is NNC(=NC1CC1)Nc1c(F)c(F)cc(F)c1F. The topological polar surface area (TPSA) is 62.4 Å². The van der Waals surface area contributed by atoms with Crippen molar-refractivity contribution in [3.63, 3.8) is 0 Å². The molecule has 0 unspecified atom stereocenters. The summed E-state index contributed by atoms with van der Waals surface area (Å²) in [6.45, 7) is 0. The van der Waals surface area contributed by atoms with Gasteiger partial charge in [-0.15, -0.1) is 0 Å². The van der Waals surface area contributed by atoms with Crippen molar-refractivity contribution in [2.75, 3.05) is 5.32 Å². The minimum absolute atomic E-state index is 0.00748. The largest absolute Gasteiger partial charge is 0.320 e. The van der Waals surface area contributed by atoms with Crippen LogP contribution >= 0.6 is 0 Å². The molecule has 1 aromatic carbocycles. The fourth-order valence-electron chi connectivity index (χ4n) is 1.29. The standard InChI is InChI=1S/C10H10F4N4/c11-5-3-6(12)8(14)9(7(5)13)17-10(18-15)16-4-1-2-4/h3-4H,1-2,15H2,(H2,16,17,18). The van der Waals surface area contributed by atoms with E-state index in [0.717, 1.165) is 12.8 Å². The number of anilines is 1. The molecule has 1 aromatic rings. The zero-order valence-corrected chi connectivity index (χ0v) is 9.11. The van der Waals surface area contributed by atoms with Crippen molar-refractivity contribution >= 4 is 11.6 Å². The van der Waals surface area contributed by atoms with Gasteiger partial charge in [0.25, 0.3) is 0 Å². The van der Waals surface area contributed by atoms with E-state index in [9.17, 15) is 17.6 Å². The molecule has 1 aliphatic carbocycles. The average Bonchev–Trinajstić information content (AvgIpc) is 3.14. The van der Waals surface area contributed by atoms with E-state index in [2.05, 4.69) is 15.7 Å². The third-order valence-corrected chi connectivity index (χ3v) is 2.35. The second-order valence-corrected chi connectivity index (χ2v) is 3.82. The Labute approximate surface area is 99.9 Å². The van der Waals surface area contributed by atoms with E-state index in [1.165, 1.54) is 0 Å². The third kappa shape index (κ3) is 2.53. The maximum absolute atomic E-state index is 13.3. The second-order valence-electron chi connectivity index (χ2n) is 3.82. The van der Waals surface area contributed by atoms with Crippen LogP contribution in [0.4, 0.5) is 23.2 Å². The van der Waals surface area contributed by atoms with Crippen molar-refractivity contribution in [1.29, 1.82) is 0 Å². The van der Waals surface area contributed by atoms with Gasteiger partial charge in [-0.3, -0.25) is 5.43 Å². The number of nitrogens with zero attached hydrogens (tertiary/aromatic N) is 1. The van der Waals surface area contributed by atoms with Crippen LogP contribution in [0.1, 0.15) is 12.8 Å². The number of nitrogens with two attached hydrogens (primary N) is 1. The quantitative estimate of drug-likeness (QED) is 0.190. The van der Waals surface area contributed by atoms with Crippen LogP contribution in [-0.4, -0.2) is 12.0 Å². The van der Waals surface area contributed by atoms with Crippen molar-refractivity contribution in [3.05, 3.63) is 29.3 Å². The monoisotopic (exact) mass is 262 g/mol. The van der Waals surface area contributed by atoms with Crippen LogP contribution in [0, 0.1) is 23.3 Å². The predicted molar refractivity (Wildman–Crippen MR) is 57.7 cm³/mol. The molecule has 8 heteroatoms. The van der Waals surface area contributed by atoms with Gasteiger partial charge in [-0.05, 0) is 12.8 Å². The van der Waals surface area contributed by atoms with Gasteiger partial charge in [0.15, 0.2) is 23.3 Å². The molecular formula is C10H10F4N4. The van der Waals surface area contributed by atoms with E-state index in [0.29, 0.717) is 0 Å². The molecule has 1 saturated carbocycles. The first-order chi connectivity index (χ1) is 8.52. The van der Waals surface area contributed by atoms with E-state index < -0.39 is 29.0 Å². The average molecular weight is 262 g/mol. The highest BCUT2D eigenvalue weighted by atomic mass is 19.2. The van der Waals surface area contributed by atoms with Crippen molar-refractivity contribution < 1.29 is 17.6 Å². The summed E-state index contributed by atoms with van der Waals surface area (Å²) in [7, 11) is 0. The number of aliphatic imine (C=N–C) groups is 1. The number of rotatable bonds is 2. The molecule has 1 fully saturated rings. The Morgan fingerprint density at radius 2 is 1.72 bits per heavy atom. The summed E-state index contributed by atoms with van der Waals surface area (Å²) in [5, 5.41) is 2.10. The van der Waals surface area contributed by atoms with Crippen molar-refractivity contribution in [2.45, 2.75) is 18.9 Å². The molecule has 18 heavy (non-hydrogen) atoms. The number of hydrogen-bond donors (Lipinski definition) is 3. The van der Waals surface area contributed by atoms with Crippen molar-refractivity contribution in [3.8, 4) is 0 Å². The third-order valence-electron chi connectivity index (χ3n) is 2.35. The molecule has 98 valence electrons. The van der Waals surface area contributed by atoms with Crippen molar-refractivity contribution in [1.82, 2.24) is 5.43 Å². The lowest BCUT2D eigenvalue weighted by Crippen LogP contribution is -2.37. The summed E-state index contributed by atoms with van der Waals surface area (Å²) in [5.41, 5.74) is 1.11. The number of hydrazine groups is 1. The number of halogens is 4. The number of nitrogens with one attached hydrogen (secondary N) is 2. The van der Waals surface area contributed by atoms with Crippen LogP contribution in [0.15, 0.2) is 11.1 Å². The second kappa shape index (κ2) is 4.81. The number of benzene rings is 1. The molecule has 0 atom stereocenters. The van der Waals surface area contributed by atoms with Gasteiger partial charge in [-0.25, -0.2) is 28.4 Å². The molecule has 4 N–H and O–H groups in total. The Kier molecular flexibility index (Phi) is 3.37. The van der Waals surface area contributed by atoms with Gasteiger partial charge in [0.2, 0.25) is 5.96 Å². The minimum Gasteiger partial charge on any atom is -0.320 e. The summed E-state index contributed by atoms with van der Waals surface area (Å²) < 4.78 is 52.5. The number of hydrogen-bond acceptors (Lipinski definition) is 2. The van der Waals surface area contributed by atoms with E-state index in [1.807, 2.05) is 0 Å². The van der Waals surface area contributed by atoms with Crippen LogP contribution in [-0.2, 0) is 0 Å². The fraction of sp³-hybridized carbons (Fsp3) is 0.300. The molecule has 0 bridgehead atoms. The first kappa shape index (κ1) is 12.6. The highest BCUT2D eigenvalue weighted by molar-refractivity contribution is 5.93. The molecule has 0 amide bonds. The van der Waals surface area contributed by atoms with Gasteiger partial charge in [-0.1, -0.05) is 0 Å². The lowest BCUT2D eigenvalue weighted by atomic mass is 10.2. The Balaban J connectivity index is 2.32. The molecule has 0 aromatic heterocycles. The molecule has 2 rings (SSSR count). The molecule has 0 radical (unpaired) electrons. The molecule has 1 aliphatic rings. The molecule has 4 nitrogen and oxygen atoms in total. The zero-order chi connectivity index (χ0) is 13.3. The van der Waals surface area contributed by atoms with Crippen LogP contribution in [0.25, 0.3) is 0 Å². The molecule has 0 saturated heterocycles. The molecule has 0 spiro atoms. The summed E-state index contributed by atoms with van der Waals surface area (Å²) in [6, 6.07) is 0.136. The van der Waals surface area contributed by atoms with Gasteiger partial charge < -0.3 is 5.32 Å². The maximum atomic E-state index is 13.3. The summed E-state index contributed by atoms with van der Waals surface area (Å²) in [5.74, 6) is -1.13. The molecule has 0 heterocycles. The lowest BCUT2D eigenvalue weighted by molar-refractivity contribution is 0.459. The van der Waals surface area contributed by atoms with E-state index in [4.69, 9.17) is 5.84 Å². The van der Waals surface area contributed by atoms with Crippen LogP contribution in [0.2, 0.25) is 0 Å². The smallest absolute Gasteiger partial charge is 0.210 e. The molecule has 0 aliphatic heterocycles. The first-order valence-electron chi connectivity index (χ1n) is 5.17. The van der Waals surface area contributed by atoms with Gasteiger partial charge in [0.05, 0.1) is 6.04 Å². The van der Waals surface area contributed by atoms with Crippen LogP contribution in [0.5, 0.6) is 0 Å². The van der Waals surface area contributed by atoms with Crippen LogP contribution < -0.4 is 16.6 Å². The van der Waals surface area contributed by atoms with Crippen molar-refractivity contribution in [2.24, 2.45) is 10.8 Å². The molecular weight excluding hydrogens is 252 g/mol. The first-order valence-corrected chi connectivity index (χ1v) is 5.17. The zero-order valence-electron chi connectivity index (χ0n) is 9.11. The van der Waals surface area contributed by atoms with E-state index in [1.54, 1.807) is 0 Å². The van der Waals surface area contributed by atoms with E-state index in [-0.39, 0.29) is 18.1 Å². The van der Waals surface area contributed by atoms with Gasteiger partial charge >= 0.3 is 0 Å². The lowest BCUT2D eigenvalue weighted by Gasteiger charge is -2.11. The summed E-state index contributed by atoms with van der Waals surface area (Å²) in [6.07, 6.45) is 1.66. The summed E-state index contributed by atoms with van der Waals surface area (Å²) >= 11 is 0. The van der Waals surface area contributed by atoms with Gasteiger partial charge in [0, 0.05) is 6.07 Å². The summed E-state index contributed by atoms with van der Waals surface area (Å²) in [4.78, 5) is 3.93. The predicted octanol–water partition coefficient (Wildman–Crippen LogP) is 1.64. The Bertz CT molecular complexity index is 473. The minimum atomic E-state index is -1.53. The Morgan fingerprint density at radius 1 is 1.17 bits per heavy atom. The van der Waals surface area contributed by atoms with Gasteiger partial charge in [0.1, 0.15) is 5.69 Å². The maximum Gasteiger partial charge on any atom is 0.210 e. The highest BCUT2D eigenvalue weighted by Crippen LogP contribution is 2.26.